The minimum absolute atomic E-state index is 0.175. The number of aromatic nitrogens is 3. The van der Waals surface area contributed by atoms with E-state index in [4.69, 9.17) is 0 Å². The van der Waals surface area contributed by atoms with E-state index >= 15 is 0 Å². The fourth-order valence-electron chi connectivity index (χ4n) is 3.98. The van der Waals surface area contributed by atoms with Crippen molar-refractivity contribution in [3.8, 4) is 0 Å². The predicted octanol–water partition coefficient (Wildman–Crippen LogP) is 1.61. The Morgan fingerprint density at radius 3 is 2.39 bits per heavy atom. The Bertz CT molecular complexity index is 1340. The van der Waals surface area contributed by atoms with Gasteiger partial charge in [0.15, 0.2) is 0 Å². The third-order valence-corrected chi connectivity index (χ3v) is 5.86. The van der Waals surface area contributed by atoms with Crippen LogP contribution in [0.4, 0.5) is 13.2 Å². The number of rotatable bonds is 3. The number of benzene rings is 1. The SMILES string of the molecule is Cn1c(=O)c2cc(C(=O)N3CCN(Cc4cccc(C(F)(F)F)c4)CC3)cnc2n(C)c1=O. The second-order valence-electron chi connectivity index (χ2n) is 8.07. The number of halogens is 3. The third kappa shape index (κ3) is 4.40. The van der Waals surface area contributed by atoms with Gasteiger partial charge in [0.05, 0.1) is 16.5 Å². The van der Waals surface area contributed by atoms with E-state index in [1.807, 2.05) is 4.90 Å². The van der Waals surface area contributed by atoms with E-state index in [2.05, 4.69) is 4.98 Å². The van der Waals surface area contributed by atoms with Crippen LogP contribution in [0.5, 0.6) is 0 Å². The predicted molar refractivity (Wildman–Crippen MR) is 115 cm³/mol. The van der Waals surface area contributed by atoms with Gasteiger partial charge < -0.3 is 4.90 Å². The van der Waals surface area contributed by atoms with Crippen molar-refractivity contribution in [3.05, 3.63) is 74.1 Å². The highest BCUT2D eigenvalue weighted by Crippen LogP contribution is 2.29. The summed E-state index contributed by atoms with van der Waals surface area (Å²) in [5, 5.41) is 0.175. The molecule has 0 spiro atoms. The van der Waals surface area contributed by atoms with Crippen molar-refractivity contribution in [2.45, 2.75) is 12.7 Å². The zero-order chi connectivity index (χ0) is 23.9. The maximum absolute atomic E-state index is 13.0. The molecule has 3 heterocycles. The molecule has 2 aromatic heterocycles. The first-order chi connectivity index (χ1) is 15.6. The van der Waals surface area contributed by atoms with Crippen LogP contribution in [0.1, 0.15) is 21.5 Å². The second kappa shape index (κ2) is 8.47. The van der Waals surface area contributed by atoms with Crippen molar-refractivity contribution in [1.82, 2.24) is 23.9 Å². The summed E-state index contributed by atoms with van der Waals surface area (Å²) in [4.78, 5) is 45.3. The molecule has 0 unspecified atom stereocenters. The second-order valence-corrected chi connectivity index (χ2v) is 8.07. The number of aryl methyl sites for hydroxylation is 1. The Balaban J connectivity index is 1.46. The number of fused-ring (bicyclic) bond motifs is 1. The Morgan fingerprint density at radius 1 is 1.03 bits per heavy atom. The van der Waals surface area contributed by atoms with Crippen LogP contribution in [0.3, 0.4) is 0 Å². The quantitative estimate of drug-likeness (QED) is 0.592. The maximum Gasteiger partial charge on any atom is 0.416 e. The normalized spacial score (nSPS) is 15.2. The topological polar surface area (TPSA) is 80.4 Å². The van der Waals surface area contributed by atoms with Gasteiger partial charge in [-0.05, 0) is 17.7 Å². The van der Waals surface area contributed by atoms with Gasteiger partial charge in [0.2, 0.25) is 0 Å². The van der Waals surface area contributed by atoms with Gasteiger partial charge in [0.25, 0.3) is 11.5 Å². The molecule has 11 heteroatoms. The lowest BCUT2D eigenvalue weighted by Crippen LogP contribution is -2.48. The lowest BCUT2D eigenvalue weighted by Gasteiger charge is -2.34. The Kier molecular flexibility index (Phi) is 5.83. The summed E-state index contributed by atoms with van der Waals surface area (Å²) in [6.07, 6.45) is -3.04. The van der Waals surface area contributed by atoms with Gasteiger partial charge in [-0.2, -0.15) is 13.2 Å². The van der Waals surface area contributed by atoms with Gasteiger partial charge in [0.1, 0.15) is 5.65 Å². The van der Waals surface area contributed by atoms with E-state index in [-0.39, 0.29) is 22.5 Å². The van der Waals surface area contributed by atoms with Crippen molar-refractivity contribution in [2.75, 3.05) is 26.2 Å². The van der Waals surface area contributed by atoms with Crippen LogP contribution in [0.25, 0.3) is 11.0 Å². The Labute approximate surface area is 186 Å². The Morgan fingerprint density at radius 2 is 1.73 bits per heavy atom. The van der Waals surface area contributed by atoms with Gasteiger partial charge in [-0.1, -0.05) is 18.2 Å². The maximum atomic E-state index is 13.0. The van der Waals surface area contributed by atoms with E-state index in [1.165, 1.54) is 37.0 Å². The minimum Gasteiger partial charge on any atom is -0.336 e. The van der Waals surface area contributed by atoms with Crippen LogP contribution in [0.15, 0.2) is 46.1 Å². The summed E-state index contributed by atoms with van der Waals surface area (Å²) in [7, 11) is 2.87. The molecular formula is C22H22F3N5O3. The summed E-state index contributed by atoms with van der Waals surface area (Å²) in [5.41, 5.74) is -0.710. The molecule has 1 aromatic carbocycles. The van der Waals surface area contributed by atoms with Crippen molar-refractivity contribution < 1.29 is 18.0 Å². The number of pyridine rings is 1. The number of amides is 1. The zero-order valence-corrected chi connectivity index (χ0v) is 18.1. The molecule has 1 aliphatic heterocycles. The highest BCUT2D eigenvalue weighted by Gasteiger charge is 2.30. The molecule has 1 saturated heterocycles. The molecule has 0 saturated carbocycles. The standard InChI is InChI=1S/C22H22F3N5O3/c1-27-18-17(20(32)28(2)21(27)33)11-15(12-26-18)19(31)30-8-6-29(7-9-30)13-14-4-3-5-16(10-14)22(23,24)25/h3-5,10-12H,6-9,13H2,1-2H3. The molecule has 4 rings (SSSR count). The van der Waals surface area contributed by atoms with E-state index in [0.717, 1.165) is 16.7 Å². The molecule has 0 N–H and O–H groups in total. The molecule has 1 amide bonds. The van der Waals surface area contributed by atoms with E-state index in [1.54, 1.807) is 11.0 Å². The van der Waals surface area contributed by atoms with E-state index in [9.17, 15) is 27.6 Å². The molecule has 174 valence electrons. The van der Waals surface area contributed by atoms with Gasteiger partial charge in [-0.25, -0.2) is 9.78 Å². The molecule has 1 fully saturated rings. The smallest absolute Gasteiger partial charge is 0.336 e. The van der Waals surface area contributed by atoms with E-state index in [0.29, 0.717) is 38.3 Å². The number of piperazine rings is 1. The molecule has 0 aliphatic carbocycles. The van der Waals surface area contributed by atoms with Crippen LogP contribution in [-0.2, 0) is 26.8 Å². The molecule has 8 nitrogen and oxygen atoms in total. The first-order valence-electron chi connectivity index (χ1n) is 10.3. The molecule has 0 radical (unpaired) electrons. The van der Waals surface area contributed by atoms with Crippen LogP contribution in [-0.4, -0.2) is 56.0 Å². The van der Waals surface area contributed by atoms with Crippen LogP contribution >= 0.6 is 0 Å². The monoisotopic (exact) mass is 461 g/mol. The lowest BCUT2D eigenvalue weighted by atomic mass is 10.1. The van der Waals surface area contributed by atoms with Crippen molar-refractivity contribution in [3.63, 3.8) is 0 Å². The first-order valence-corrected chi connectivity index (χ1v) is 10.3. The Hall–Kier alpha value is -3.47. The highest BCUT2D eigenvalue weighted by molar-refractivity contribution is 5.96. The molecular weight excluding hydrogens is 439 g/mol. The summed E-state index contributed by atoms with van der Waals surface area (Å²) in [6, 6.07) is 6.68. The summed E-state index contributed by atoms with van der Waals surface area (Å²) in [6.45, 7) is 2.13. The fourth-order valence-corrected chi connectivity index (χ4v) is 3.98. The van der Waals surface area contributed by atoms with Crippen molar-refractivity contribution in [1.29, 1.82) is 0 Å². The van der Waals surface area contributed by atoms with Crippen LogP contribution < -0.4 is 11.2 Å². The summed E-state index contributed by atoms with van der Waals surface area (Å²) in [5.74, 6) is -0.293. The van der Waals surface area contributed by atoms with Crippen molar-refractivity contribution in [2.24, 2.45) is 14.1 Å². The summed E-state index contributed by atoms with van der Waals surface area (Å²) < 4.78 is 41.0. The molecule has 0 bridgehead atoms. The van der Waals surface area contributed by atoms with Crippen LogP contribution in [0, 0.1) is 0 Å². The van der Waals surface area contributed by atoms with Gasteiger partial charge in [-0.15, -0.1) is 0 Å². The largest absolute Gasteiger partial charge is 0.416 e. The number of alkyl halides is 3. The van der Waals surface area contributed by atoms with Gasteiger partial charge in [-0.3, -0.25) is 23.6 Å². The average Bonchev–Trinajstić information content (AvgIpc) is 2.80. The molecule has 1 aliphatic rings. The molecule has 33 heavy (non-hydrogen) atoms. The zero-order valence-electron chi connectivity index (χ0n) is 18.1. The number of hydrogen-bond acceptors (Lipinski definition) is 5. The van der Waals surface area contributed by atoms with Gasteiger partial charge >= 0.3 is 11.9 Å². The average molecular weight is 461 g/mol. The minimum atomic E-state index is -4.39. The van der Waals surface area contributed by atoms with E-state index < -0.39 is 23.0 Å². The molecule has 0 atom stereocenters. The number of nitrogens with zero attached hydrogens (tertiary/aromatic N) is 5. The number of carbonyl (C=O) groups excluding carboxylic acids is 1. The lowest BCUT2D eigenvalue weighted by molar-refractivity contribution is -0.137. The first kappa shape index (κ1) is 22.7. The van der Waals surface area contributed by atoms with Crippen molar-refractivity contribution >= 4 is 16.9 Å². The number of carbonyl (C=O) groups is 1. The summed E-state index contributed by atoms with van der Waals surface area (Å²) >= 11 is 0. The third-order valence-electron chi connectivity index (χ3n) is 5.86. The molecule has 3 aromatic rings. The fraction of sp³-hybridized carbons (Fsp3) is 0.364. The highest BCUT2D eigenvalue weighted by atomic mass is 19.4. The number of hydrogen-bond donors (Lipinski definition) is 0. The van der Waals surface area contributed by atoms with Crippen LogP contribution in [0.2, 0.25) is 0 Å². The van der Waals surface area contributed by atoms with Gasteiger partial charge in [0, 0.05) is 53.0 Å².